The molecule has 1 aliphatic heterocycles. The molecule has 96 valence electrons. The van der Waals surface area contributed by atoms with Crippen molar-refractivity contribution in [2.24, 2.45) is 4.99 Å². The molecule has 1 aromatic carbocycles. The SMILES string of the molecule is COc1cccc(OCC2=NC(C)=CS2(=O)=O)c1. The predicted octanol–water partition coefficient (Wildman–Crippen LogP) is 1.76. The number of nitrogens with zero attached hydrogens (tertiary/aromatic N) is 1. The Morgan fingerprint density at radius 1 is 1.28 bits per heavy atom. The molecule has 1 aliphatic rings. The molecular weight excluding hydrogens is 254 g/mol. The van der Waals surface area contributed by atoms with Gasteiger partial charge in [-0.3, -0.25) is 0 Å². The summed E-state index contributed by atoms with van der Waals surface area (Å²) in [6.07, 6.45) is 0. The minimum Gasteiger partial charge on any atom is -0.497 e. The van der Waals surface area contributed by atoms with Gasteiger partial charge in [0, 0.05) is 6.07 Å². The van der Waals surface area contributed by atoms with Gasteiger partial charge in [-0.05, 0) is 19.1 Å². The first-order valence-corrected chi connectivity index (χ1v) is 6.84. The standard InChI is InChI=1S/C12H13NO4S/c1-9-8-18(14,15)12(13-9)7-17-11-5-3-4-10(6-11)16-2/h3-6,8H,7H2,1-2H3. The Kier molecular flexibility index (Phi) is 3.38. The topological polar surface area (TPSA) is 65.0 Å². The summed E-state index contributed by atoms with van der Waals surface area (Å²) in [6.45, 7) is 1.55. The number of hydrogen-bond acceptors (Lipinski definition) is 5. The number of sulfone groups is 1. The van der Waals surface area contributed by atoms with E-state index in [2.05, 4.69) is 4.99 Å². The van der Waals surface area contributed by atoms with Gasteiger partial charge in [-0.2, -0.15) is 0 Å². The molecule has 0 unspecified atom stereocenters. The highest BCUT2D eigenvalue weighted by Crippen LogP contribution is 2.20. The Morgan fingerprint density at radius 3 is 2.61 bits per heavy atom. The Balaban J connectivity index is 2.07. The number of hydrogen-bond donors (Lipinski definition) is 0. The fourth-order valence-electron chi connectivity index (χ4n) is 1.53. The lowest BCUT2D eigenvalue weighted by Gasteiger charge is -2.07. The highest BCUT2D eigenvalue weighted by molar-refractivity contribution is 8.09. The average Bonchev–Trinajstić information content (AvgIpc) is 2.59. The van der Waals surface area contributed by atoms with Gasteiger partial charge in [0.05, 0.1) is 18.2 Å². The van der Waals surface area contributed by atoms with Gasteiger partial charge in [0.25, 0.3) is 0 Å². The third kappa shape index (κ3) is 2.70. The van der Waals surface area contributed by atoms with Crippen LogP contribution in [0.1, 0.15) is 6.92 Å². The van der Waals surface area contributed by atoms with E-state index in [9.17, 15) is 8.42 Å². The fraction of sp³-hybridized carbons (Fsp3) is 0.250. The molecule has 0 aromatic heterocycles. The van der Waals surface area contributed by atoms with Crippen LogP contribution in [0.3, 0.4) is 0 Å². The van der Waals surface area contributed by atoms with Crippen LogP contribution in [-0.4, -0.2) is 27.2 Å². The largest absolute Gasteiger partial charge is 0.497 e. The quantitative estimate of drug-likeness (QED) is 0.833. The molecule has 0 saturated heterocycles. The van der Waals surface area contributed by atoms with Crippen LogP contribution >= 0.6 is 0 Å². The first-order chi connectivity index (χ1) is 8.51. The molecular formula is C12H13NO4S. The summed E-state index contributed by atoms with van der Waals surface area (Å²) >= 11 is 0. The molecule has 18 heavy (non-hydrogen) atoms. The van der Waals surface area contributed by atoms with Crippen LogP contribution in [0.15, 0.2) is 40.4 Å². The molecule has 0 amide bonds. The van der Waals surface area contributed by atoms with Crippen molar-refractivity contribution in [1.29, 1.82) is 0 Å². The van der Waals surface area contributed by atoms with Crippen LogP contribution in [0, 0.1) is 0 Å². The lowest BCUT2D eigenvalue weighted by molar-refractivity contribution is 0.370. The molecule has 5 nitrogen and oxygen atoms in total. The van der Waals surface area contributed by atoms with Crippen molar-refractivity contribution >= 4 is 14.9 Å². The van der Waals surface area contributed by atoms with Gasteiger partial charge in [0.2, 0.25) is 9.84 Å². The molecule has 2 rings (SSSR count). The summed E-state index contributed by atoms with van der Waals surface area (Å²) in [5.41, 5.74) is 0.472. The van der Waals surface area contributed by atoms with E-state index in [0.717, 1.165) is 5.41 Å². The Labute approximate surface area is 106 Å². The van der Waals surface area contributed by atoms with Gasteiger partial charge >= 0.3 is 0 Å². The maximum atomic E-state index is 11.6. The summed E-state index contributed by atoms with van der Waals surface area (Å²) in [4.78, 5) is 3.93. The first-order valence-electron chi connectivity index (χ1n) is 5.29. The van der Waals surface area contributed by atoms with Crippen LogP contribution in [-0.2, 0) is 9.84 Å². The van der Waals surface area contributed by atoms with E-state index in [0.29, 0.717) is 17.2 Å². The molecule has 0 fully saturated rings. The zero-order chi connectivity index (χ0) is 13.2. The van der Waals surface area contributed by atoms with Gasteiger partial charge < -0.3 is 9.47 Å². The summed E-state index contributed by atoms with van der Waals surface area (Å²) in [7, 11) is -1.84. The number of rotatable bonds is 4. The van der Waals surface area contributed by atoms with Crippen LogP contribution in [0.5, 0.6) is 11.5 Å². The monoisotopic (exact) mass is 267 g/mol. The van der Waals surface area contributed by atoms with Crippen LogP contribution < -0.4 is 9.47 Å². The van der Waals surface area contributed by atoms with Crippen molar-refractivity contribution in [3.63, 3.8) is 0 Å². The number of allylic oxidation sites excluding steroid dienone is 1. The second-order valence-corrected chi connectivity index (χ2v) is 5.57. The smallest absolute Gasteiger partial charge is 0.218 e. The lowest BCUT2D eigenvalue weighted by atomic mass is 10.3. The summed E-state index contributed by atoms with van der Waals surface area (Å²) < 4.78 is 33.6. The second-order valence-electron chi connectivity index (χ2n) is 3.78. The summed E-state index contributed by atoms with van der Waals surface area (Å²) in [5.74, 6) is 1.19. The van der Waals surface area contributed by atoms with Gasteiger partial charge in [0.1, 0.15) is 18.1 Å². The third-order valence-corrected chi connectivity index (χ3v) is 3.88. The van der Waals surface area contributed by atoms with Crippen molar-refractivity contribution in [2.75, 3.05) is 13.7 Å². The molecule has 0 N–H and O–H groups in total. The minimum absolute atomic E-state index is 0.0304. The summed E-state index contributed by atoms with van der Waals surface area (Å²) in [6, 6.07) is 6.96. The van der Waals surface area contributed by atoms with Crippen molar-refractivity contribution < 1.29 is 17.9 Å². The molecule has 0 atom stereocenters. The van der Waals surface area contributed by atoms with Gasteiger partial charge in [0.15, 0.2) is 5.04 Å². The van der Waals surface area contributed by atoms with Gasteiger partial charge in [-0.1, -0.05) is 6.07 Å². The van der Waals surface area contributed by atoms with E-state index >= 15 is 0 Å². The number of benzene rings is 1. The van der Waals surface area contributed by atoms with E-state index in [-0.39, 0.29) is 11.7 Å². The zero-order valence-corrected chi connectivity index (χ0v) is 10.9. The highest BCUT2D eigenvalue weighted by atomic mass is 32.2. The van der Waals surface area contributed by atoms with Crippen molar-refractivity contribution in [3.05, 3.63) is 35.4 Å². The molecule has 0 aliphatic carbocycles. The van der Waals surface area contributed by atoms with Gasteiger partial charge in [-0.25, -0.2) is 13.4 Å². The Hall–Kier alpha value is -1.82. The van der Waals surface area contributed by atoms with E-state index in [1.165, 1.54) is 0 Å². The minimum atomic E-state index is -3.39. The van der Waals surface area contributed by atoms with Crippen LogP contribution in [0.25, 0.3) is 0 Å². The molecule has 0 saturated carbocycles. The van der Waals surface area contributed by atoms with E-state index in [1.54, 1.807) is 38.3 Å². The van der Waals surface area contributed by atoms with E-state index < -0.39 is 9.84 Å². The van der Waals surface area contributed by atoms with Crippen molar-refractivity contribution in [1.82, 2.24) is 0 Å². The maximum absolute atomic E-state index is 11.6. The maximum Gasteiger partial charge on any atom is 0.218 e. The zero-order valence-electron chi connectivity index (χ0n) is 10.1. The highest BCUT2D eigenvalue weighted by Gasteiger charge is 2.23. The van der Waals surface area contributed by atoms with Crippen LogP contribution in [0.2, 0.25) is 0 Å². The molecule has 1 aromatic rings. The van der Waals surface area contributed by atoms with E-state index in [4.69, 9.17) is 9.47 Å². The van der Waals surface area contributed by atoms with Crippen LogP contribution in [0.4, 0.5) is 0 Å². The second kappa shape index (κ2) is 4.81. The normalized spacial score (nSPS) is 17.0. The Morgan fingerprint density at radius 2 is 2.00 bits per heavy atom. The number of ether oxygens (including phenoxy) is 2. The number of aliphatic imine (C=N–C) groups is 1. The number of methoxy groups -OCH3 is 1. The Bertz CT molecular complexity index is 617. The van der Waals surface area contributed by atoms with Crippen molar-refractivity contribution in [3.8, 4) is 11.5 Å². The molecule has 0 bridgehead atoms. The lowest BCUT2D eigenvalue weighted by Crippen LogP contribution is -2.17. The molecule has 1 heterocycles. The average molecular weight is 267 g/mol. The molecule has 0 radical (unpaired) electrons. The molecule has 0 spiro atoms. The first kappa shape index (κ1) is 12.6. The summed E-state index contributed by atoms with van der Waals surface area (Å²) in [5, 5.41) is 1.17. The molecule has 6 heteroatoms. The predicted molar refractivity (Wildman–Crippen MR) is 68.6 cm³/mol. The van der Waals surface area contributed by atoms with Crippen molar-refractivity contribution in [2.45, 2.75) is 6.92 Å². The van der Waals surface area contributed by atoms with Gasteiger partial charge in [-0.15, -0.1) is 0 Å². The van der Waals surface area contributed by atoms with E-state index in [1.807, 2.05) is 0 Å². The fourth-order valence-corrected chi connectivity index (χ4v) is 2.66. The third-order valence-electron chi connectivity index (χ3n) is 2.36.